The smallest absolute Gasteiger partial charge is 0.166 e. The molecule has 0 aliphatic carbocycles. The van der Waals surface area contributed by atoms with E-state index in [1.165, 1.54) is 0 Å². The molecule has 0 unspecified atom stereocenters. The van der Waals surface area contributed by atoms with Crippen LogP contribution >= 0.6 is 15.9 Å². The summed E-state index contributed by atoms with van der Waals surface area (Å²) in [7, 11) is 0. The van der Waals surface area contributed by atoms with Gasteiger partial charge in [0.25, 0.3) is 0 Å². The van der Waals surface area contributed by atoms with Crippen LogP contribution in [0.4, 0.5) is 39.5 Å². The second kappa shape index (κ2) is 4.57. The van der Waals surface area contributed by atoms with E-state index in [4.69, 9.17) is 0 Å². The summed E-state index contributed by atoms with van der Waals surface area (Å²) in [5, 5.41) is 0. The Kier molecular flexibility index (Phi) is 3.88. The van der Waals surface area contributed by atoms with Crippen molar-refractivity contribution in [2.45, 2.75) is 18.5 Å². The van der Waals surface area contributed by atoms with Crippen LogP contribution in [0.5, 0.6) is 0 Å². The van der Waals surface area contributed by atoms with E-state index in [2.05, 4.69) is 0 Å². The molecule has 0 aliphatic rings. The predicted octanol–water partition coefficient (Wildman–Crippen LogP) is 5.31. The maximum atomic E-state index is 12.5. The number of halogens is 10. The van der Waals surface area contributed by atoms with Gasteiger partial charge in [-0.2, -0.15) is 39.5 Å². The van der Waals surface area contributed by atoms with Gasteiger partial charge >= 0.3 is 18.5 Å². The molecule has 0 fully saturated rings. The van der Waals surface area contributed by atoms with Crippen LogP contribution in [-0.2, 0) is 18.5 Å². The first kappa shape index (κ1) is 16.1. The van der Waals surface area contributed by atoms with Gasteiger partial charge in [-0.05, 0) is 28.1 Å². The van der Waals surface area contributed by atoms with Crippen molar-refractivity contribution in [2.75, 3.05) is 0 Å². The first-order valence-corrected chi connectivity index (χ1v) is 5.01. The van der Waals surface area contributed by atoms with Gasteiger partial charge in [-0.15, -0.1) is 0 Å². The molecule has 107 valence electrons. The van der Waals surface area contributed by atoms with Crippen molar-refractivity contribution in [3.63, 3.8) is 0 Å². The van der Waals surface area contributed by atoms with Crippen molar-refractivity contribution < 1.29 is 39.5 Å². The number of benzene rings is 1. The highest BCUT2D eigenvalue weighted by Crippen LogP contribution is 2.47. The molecule has 0 aliphatic heterocycles. The van der Waals surface area contributed by atoms with Gasteiger partial charge in [0.2, 0.25) is 0 Å². The Hall–Kier alpha value is -0.930. The van der Waals surface area contributed by atoms with Gasteiger partial charge in [-0.1, -0.05) is 0 Å². The van der Waals surface area contributed by atoms with E-state index in [0.29, 0.717) is 0 Å². The standard InChI is InChI=1S/C9HBrF9/c10-6-4(8(14,15)16)2-1-3(7(11,12)13)5(6)9(17,18)19/h2H. The molecule has 19 heavy (non-hydrogen) atoms. The van der Waals surface area contributed by atoms with E-state index in [1.807, 2.05) is 15.9 Å². The molecule has 0 saturated heterocycles. The summed E-state index contributed by atoms with van der Waals surface area (Å²) in [6.07, 6.45) is -16.3. The van der Waals surface area contributed by atoms with Crippen LogP contribution in [0.25, 0.3) is 0 Å². The van der Waals surface area contributed by atoms with Crippen molar-refractivity contribution in [3.8, 4) is 0 Å². The minimum absolute atomic E-state index is 0.178. The maximum absolute atomic E-state index is 12.5. The Bertz CT molecular complexity index is 480. The Morgan fingerprint density at radius 2 is 1.26 bits per heavy atom. The van der Waals surface area contributed by atoms with Gasteiger partial charge in [0.15, 0.2) is 0 Å². The number of hydrogen-bond donors (Lipinski definition) is 0. The normalized spacial score (nSPS) is 13.8. The lowest BCUT2D eigenvalue weighted by atomic mass is 10.0. The first-order chi connectivity index (χ1) is 8.26. The Morgan fingerprint density at radius 3 is 1.58 bits per heavy atom. The Labute approximate surface area is 108 Å². The van der Waals surface area contributed by atoms with E-state index in [0.717, 1.165) is 6.07 Å². The lowest BCUT2D eigenvalue weighted by Crippen LogP contribution is -2.20. The molecule has 0 bridgehead atoms. The fourth-order valence-electron chi connectivity index (χ4n) is 1.22. The van der Waals surface area contributed by atoms with Crippen LogP contribution in [0.1, 0.15) is 16.7 Å². The number of alkyl halides is 9. The van der Waals surface area contributed by atoms with Crippen LogP contribution in [0, 0.1) is 6.07 Å². The fourth-order valence-corrected chi connectivity index (χ4v) is 1.98. The highest BCUT2D eigenvalue weighted by Gasteiger charge is 2.47. The van der Waals surface area contributed by atoms with Gasteiger partial charge in [0.1, 0.15) is 0 Å². The predicted molar refractivity (Wildman–Crippen MR) is 48.0 cm³/mol. The second-order valence-electron chi connectivity index (χ2n) is 3.26. The largest absolute Gasteiger partial charge is 0.418 e. The van der Waals surface area contributed by atoms with Gasteiger partial charge in [-0.3, -0.25) is 0 Å². The van der Waals surface area contributed by atoms with Gasteiger partial charge in [-0.25, -0.2) is 0 Å². The molecule has 0 nitrogen and oxygen atoms in total. The molecular formula is C9HBrF9. The van der Waals surface area contributed by atoms with Crippen LogP contribution < -0.4 is 0 Å². The summed E-state index contributed by atoms with van der Waals surface area (Å²) in [6, 6.07) is 0.826. The van der Waals surface area contributed by atoms with Crippen LogP contribution in [-0.4, -0.2) is 0 Å². The topological polar surface area (TPSA) is 0 Å². The molecule has 0 amide bonds. The molecule has 0 atom stereocenters. The highest BCUT2D eigenvalue weighted by atomic mass is 79.9. The Balaban J connectivity index is 3.71. The van der Waals surface area contributed by atoms with Crippen molar-refractivity contribution in [2.24, 2.45) is 0 Å². The zero-order valence-electron chi connectivity index (χ0n) is 8.36. The van der Waals surface area contributed by atoms with Gasteiger partial charge in [0.05, 0.1) is 16.7 Å². The fraction of sp³-hybridized carbons (Fsp3) is 0.333. The molecule has 1 aromatic carbocycles. The SMILES string of the molecule is FC(F)(F)c1[c]cc(C(F)(F)F)c(Br)c1C(F)(F)F. The molecule has 1 aromatic rings. The van der Waals surface area contributed by atoms with E-state index < -0.39 is 39.7 Å². The minimum Gasteiger partial charge on any atom is -0.166 e. The van der Waals surface area contributed by atoms with Crippen molar-refractivity contribution in [1.82, 2.24) is 0 Å². The summed E-state index contributed by atoms with van der Waals surface area (Å²) in [4.78, 5) is 0. The van der Waals surface area contributed by atoms with Crippen LogP contribution in [0.3, 0.4) is 0 Å². The zero-order valence-corrected chi connectivity index (χ0v) is 9.94. The number of hydrogen-bond acceptors (Lipinski definition) is 0. The summed E-state index contributed by atoms with van der Waals surface area (Å²) in [6.45, 7) is 0. The maximum Gasteiger partial charge on any atom is 0.418 e. The summed E-state index contributed by atoms with van der Waals surface area (Å²) in [5.74, 6) is 0. The van der Waals surface area contributed by atoms with E-state index >= 15 is 0 Å². The first-order valence-electron chi connectivity index (χ1n) is 4.22. The molecule has 0 aromatic heterocycles. The molecule has 10 heteroatoms. The van der Waals surface area contributed by atoms with Crippen molar-refractivity contribution in [1.29, 1.82) is 0 Å². The molecule has 1 rings (SSSR count). The summed E-state index contributed by atoms with van der Waals surface area (Å²) >= 11 is 1.94. The monoisotopic (exact) mass is 359 g/mol. The van der Waals surface area contributed by atoms with E-state index in [9.17, 15) is 39.5 Å². The molecular weight excluding hydrogens is 359 g/mol. The third-order valence-corrected chi connectivity index (χ3v) is 2.76. The highest BCUT2D eigenvalue weighted by molar-refractivity contribution is 9.10. The molecule has 1 radical (unpaired) electrons. The van der Waals surface area contributed by atoms with Crippen LogP contribution in [0.2, 0.25) is 0 Å². The molecule has 0 spiro atoms. The average Bonchev–Trinajstić information content (AvgIpc) is 2.11. The van der Waals surface area contributed by atoms with Crippen molar-refractivity contribution >= 4 is 15.9 Å². The lowest BCUT2D eigenvalue weighted by molar-refractivity contribution is -0.164. The third kappa shape index (κ3) is 3.34. The van der Waals surface area contributed by atoms with Gasteiger partial charge in [0, 0.05) is 4.47 Å². The quantitative estimate of drug-likeness (QED) is 0.551. The molecule has 0 saturated carbocycles. The van der Waals surface area contributed by atoms with Crippen LogP contribution in [0.15, 0.2) is 10.5 Å². The Morgan fingerprint density at radius 1 is 0.789 bits per heavy atom. The minimum atomic E-state index is -5.61. The second-order valence-corrected chi connectivity index (χ2v) is 4.05. The number of rotatable bonds is 0. The summed E-state index contributed by atoms with van der Waals surface area (Å²) < 4.78 is 110. The van der Waals surface area contributed by atoms with Gasteiger partial charge < -0.3 is 0 Å². The summed E-state index contributed by atoms with van der Waals surface area (Å²) in [5.41, 5.74) is -6.64. The lowest BCUT2D eigenvalue weighted by Gasteiger charge is -2.19. The molecule has 0 N–H and O–H groups in total. The van der Waals surface area contributed by atoms with E-state index in [1.54, 1.807) is 0 Å². The third-order valence-electron chi connectivity index (χ3n) is 1.94. The van der Waals surface area contributed by atoms with E-state index in [-0.39, 0.29) is 6.07 Å². The molecule has 0 heterocycles. The zero-order chi connectivity index (χ0) is 15.2. The average molecular weight is 360 g/mol. The van der Waals surface area contributed by atoms with Crippen molar-refractivity contribution in [3.05, 3.63) is 33.3 Å².